The molecule has 0 saturated carbocycles. The molecule has 2 bridgehead atoms. The third kappa shape index (κ3) is 3.48. The summed E-state index contributed by atoms with van der Waals surface area (Å²) in [6, 6.07) is 4.64. The van der Waals surface area contributed by atoms with E-state index in [4.69, 9.17) is 9.97 Å². The van der Waals surface area contributed by atoms with Gasteiger partial charge in [0.1, 0.15) is 0 Å². The van der Waals surface area contributed by atoms with Crippen molar-refractivity contribution in [2.24, 2.45) is 0 Å². The van der Waals surface area contributed by atoms with Crippen molar-refractivity contribution in [2.75, 3.05) is 31.1 Å². The molecular formula is C21H35N5. The fourth-order valence-electron chi connectivity index (χ4n) is 5.11. The molecule has 3 saturated heterocycles. The average molecular weight is 358 g/mol. The number of hydrogen-bond donors (Lipinski definition) is 0. The molecule has 0 aromatic carbocycles. The molecule has 3 aliphatic heterocycles. The van der Waals surface area contributed by atoms with Gasteiger partial charge in [-0.3, -0.25) is 4.90 Å². The van der Waals surface area contributed by atoms with Crippen molar-refractivity contribution >= 4 is 5.95 Å². The zero-order valence-corrected chi connectivity index (χ0v) is 16.9. The molecule has 0 spiro atoms. The number of piperidine rings is 1. The molecular weight excluding hydrogens is 322 g/mol. The van der Waals surface area contributed by atoms with Gasteiger partial charge in [0.25, 0.3) is 0 Å². The standard InChI is InChI=1S/C21H35N5/c1-15(2)24-11-8-17(9-12-24)20-7-10-22-21(23-20)26-18-5-6-19(26)14-25(13-18)16(3)4/h7,10,15-19H,5-6,8-9,11-14H2,1-4H3/t18-,19+. The number of hydrogen-bond acceptors (Lipinski definition) is 5. The van der Waals surface area contributed by atoms with Crippen molar-refractivity contribution in [3.05, 3.63) is 18.0 Å². The van der Waals surface area contributed by atoms with Gasteiger partial charge in [-0.2, -0.15) is 0 Å². The molecule has 0 unspecified atom stereocenters. The molecule has 0 aliphatic carbocycles. The molecule has 5 nitrogen and oxygen atoms in total. The highest BCUT2D eigenvalue weighted by molar-refractivity contribution is 5.38. The smallest absolute Gasteiger partial charge is 0.226 e. The maximum absolute atomic E-state index is 5.08. The second-order valence-electron chi connectivity index (χ2n) is 9.03. The predicted octanol–water partition coefficient (Wildman–Crippen LogP) is 3.13. The van der Waals surface area contributed by atoms with Crippen LogP contribution in [-0.2, 0) is 0 Å². The molecule has 3 aliphatic rings. The van der Waals surface area contributed by atoms with Crippen LogP contribution >= 0.6 is 0 Å². The lowest BCUT2D eigenvalue weighted by atomic mass is 9.93. The van der Waals surface area contributed by atoms with Gasteiger partial charge in [0.15, 0.2) is 0 Å². The molecule has 1 aromatic heterocycles. The van der Waals surface area contributed by atoms with Crippen LogP contribution in [0.1, 0.15) is 65.0 Å². The Hall–Kier alpha value is -1.20. The van der Waals surface area contributed by atoms with E-state index in [2.05, 4.69) is 48.5 Å². The maximum Gasteiger partial charge on any atom is 0.226 e. The SMILES string of the molecule is CC(C)N1CCC(c2ccnc(N3[C@@H]4CC[C@H]3CN(C(C)C)C4)n2)CC1. The molecule has 144 valence electrons. The van der Waals surface area contributed by atoms with E-state index in [0.717, 1.165) is 19.0 Å². The molecule has 0 radical (unpaired) electrons. The highest BCUT2D eigenvalue weighted by Crippen LogP contribution is 2.35. The second-order valence-corrected chi connectivity index (χ2v) is 9.03. The number of fused-ring (bicyclic) bond motifs is 2. The van der Waals surface area contributed by atoms with E-state index in [1.54, 1.807) is 0 Å². The summed E-state index contributed by atoms with van der Waals surface area (Å²) in [5, 5.41) is 0. The Morgan fingerprint density at radius 3 is 2.08 bits per heavy atom. The first-order chi connectivity index (χ1) is 12.5. The topological polar surface area (TPSA) is 35.5 Å². The molecule has 4 rings (SSSR count). The molecule has 1 aromatic rings. The van der Waals surface area contributed by atoms with Gasteiger partial charge in [-0.1, -0.05) is 0 Å². The van der Waals surface area contributed by atoms with Crippen LogP contribution in [0.4, 0.5) is 5.95 Å². The lowest BCUT2D eigenvalue weighted by molar-refractivity contribution is 0.170. The summed E-state index contributed by atoms with van der Waals surface area (Å²) in [4.78, 5) is 17.5. The van der Waals surface area contributed by atoms with E-state index >= 15 is 0 Å². The minimum absolute atomic E-state index is 0.592. The van der Waals surface area contributed by atoms with Crippen LogP contribution in [0.25, 0.3) is 0 Å². The summed E-state index contributed by atoms with van der Waals surface area (Å²) in [6.45, 7) is 13.9. The van der Waals surface area contributed by atoms with Gasteiger partial charge in [0, 0.05) is 55.1 Å². The van der Waals surface area contributed by atoms with E-state index < -0.39 is 0 Å². The van der Waals surface area contributed by atoms with E-state index in [9.17, 15) is 0 Å². The Balaban J connectivity index is 1.47. The number of likely N-dealkylation sites (tertiary alicyclic amines) is 2. The predicted molar refractivity (Wildman–Crippen MR) is 107 cm³/mol. The summed E-state index contributed by atoms with van der Waals surface area (Å²) in [5.74, 6) is 1.59. The number of piperazine rings is 1. The first-order valence-corrected chi connectivity index (χ1v) is 10.6. The summed E-state index contributed by atoms with van der Waals surface area (Å²) < 4.78 is 0. The maximum atomic E-state index is 5.08. The van der Waals surface area contributed by atoms with E-state index in [-0.39, 0.29) is 0 Å². The molecule has 0 N–H and O–H groups in total. The van der Waals surface area contributed by atoms with Crippen LogP contribution in [0.3, 0.4) is 0 Å². The molecule has 3 fully saturated rings. The summed E-state index contributed by atoms with van der Waals surface area (Å²) in [7, 11) is 0. The van der Waals surface area contributed by atoms with Gasteiger partial charge in [0.2, 0.25) is 5.95 Å². The lowest BCUT2D eigenvalue weighted by Crippen LogP contribution is -2.56. The Kier molecular flexibility index (Phi) is 5.20. The van der Waals surface area contributed by atoms with Gasteiger partial charge in [-0.05, 0) is 72.5 Å². The van der Waals surface area contributed by atoms with Crippen molar-refractivity contribution in [1.82, 2.24) is 19.8 Å². The van der Waals surface area contributed by atoms with E-state index in [0.29, 0.717) is 30.1 Å². The minimum Gasteiger partial charge on any atom is -0.332 e. The van der Waals surface area contributed by atoms with Gasteiger partial charge in [0.05, 0.1) is 0 Å². The quantitative estimate of drug-likeness (QED) is 0.827. The fourth-order valence-corrected chi connectivity index (χ4v) is 5.11. The highest BCUT2D eigenvalue weighted by Gasteiger charge is 2.42. The Morgan fingerprint density at radius 2 is 1.50 bits per heavy atom. The van der Waals surface area contributed by atoms with Crippen LogP contribution in [0.2, 0.25) is 0 Å². The van der Waals surface area contributed by atoms with E-state index in [1.807, 2.05) is 6.20 Å². The molecule has 4 heterocycles. The zero-order valence-electron chi connectivity index (χ0n) is 16.9. The zero-order chi connectivity index (χ0) is 18.3. The van der Waals surface area contributed by atoms with Crippen LogP contribution in [-0.4, -0.2) is 70.1 Å². The van der Waals surface area contributed by atoms with Gasteiger partial charge in [-0.15, -0.1) is 0 Å². The normalized spacial score (nSPS) is 28.5. The van der Waals surface area contributed by atoms with Crippen molar-refractivity contribution < 1.29 is 0 Å². The Morgan fingerprint density at radius 1 is 0.885 bits per heavy atom. The van der Waals surface area contributed by atoms with Crippen molar-refractivity contribution in [2.45, 2.75) is 83.5 Å². The first kappa shape index (κ1) is 18.2. The average Bonchev–Trinajstić information content (AvgIpc) is 2.91. The third-order valence-corrected chi connectivity index (χ3v) is 6.81. The Bertz CT molecular complexity index is 594. The van der Waals surface area contributed by atoms with Gasteiger partial charge < -0.3 is 9.80 Å². The molecule has 2 atom stereocenters. The monoisotopic (exact) mass is 357 g/mol. The summed E-state index contributed by atoms with van der Waals surface area (Å²) in [5.41, 5.74) is 1.27. The Labute approximate surface area is 158 Å². The molecule has 26 heavy (non-hydrogen) atoms. The fraction of sp³-hybridized carbons (Fsp3) is 0.810. The first-order valence-electron chi connectivity index (χ1n) is 10.6. The van der Waals surface area contributed by atoms with Crippen molar-refractivity contribution in [3.8, 4) is 0 Å². The number of rotatable bonds is 4. The second kappa shape index (κ2) is 7.43. The van der Waals surface area contributed by atoms with Gasteiger partial charge >= 0.3 is 0 Å². The molecule has 5 heteroatoms. The lowest BCUT2D eigenvalue weighted by Gasteiger charge is -2.43. The summed E-state index contributed by atoms with van der Waals surface area (Å²) >= 11 is 0. The molecule has 0 amide bonds. The largest absolute Gasteiger partial charge is 0.332 e. The minimum atomic E-state index is 0.592. The van der Waals surface area contributed by atoms with Crippen LogP contribution in [0.15, 0.2) is 12.3 Å². The number of nitrogens with zero attached hydrogens (tertiary/aromatic N) is 5. The highest BCUT2D eigenvalue weighted by atomic mass is 15.4. The van der Waals surface area contributed by atoms with Crippen LogP contribution in [0.5, 0.6) is 0 Å². The number of anilines is 1. The van der Waals surface area contributed by atoms with Gasteiger partial charge in [-0.25, -0.2) is 9.97 Å². The van der Waals surface area contributed by atoms with Crippen molar-refractivity contribution in [1.29, 1.82) is 0 Å². The van der Waals surface area contributed by atoms with Crippen LogP contribution in [0, 0.1) is 0 Å². The van der Waals surface area contributed by atoms with E-state index in [1.165, 1.54) is 44.5 Å². The third-order valence-electron chi connectivity index (χ3n) is 6.81. The van der Waals surface area contributed by atoms with Crippen LogP contribution < -0.4 is 4.90 Å². The number of aromatic nitrogens is 2. The summed E-state index contributed by atoms with van der Waals surface area (Å²) in [6.07, 6.45) is 7.02. The van der Waals surface area contributed by atoms with Crippen molar-refractivity contribution in [3.63, 3.8) is 0 Å².